The lowest BCUT2D eigenvalue weighted by molar-refractivity contribution is 0.391. The predicted octanol–water partition coefficient (Wildman–Crippen LogP) is 4.53. The van der Waals surface area contributed by atoms with Gasteiger partial charge in [-0.1, -0.05) is 24.3 Å². The number of ether oxygens (including phenoxy) is 1. The molecule has 1 aliphatic rings. The molecule has 1 unspecified atom stereocenters. The Morgan fingerprint density at radius 1 is 1.12 bits per heavy atom. The number of nitriles is 1. The number of halogens is 1. The summed E-state index contributed by atoms with van der Waals surface area (Å²) in [6.45, 7) is 0. The van der Waals surface area contributed by atoms with Crippen LogP contribution in [0.3, 0.4) is 0 Å². The highest BCUT2D eigenvalue weighted by Crippen LogP contribution is 2.43. The van der Waals surface area contributed by atoms with E-state index in [-0.39, 0.29) is 27.9 Å². The van der Waals surface area contributed by atoms with Crippen molar-refractivity contribution in [3.63, 3.8) is 0 Å². The highest BCUT2D eigenvalue weighted by Gasteiger charge is 2.31. The predicted molar refractivity (Wildman–Crippen MR) is 118 cm³/mol. The van der Waals surface area contributed by atoms with Gasteiger partial charge < -0.3 is 14.7 Å². The van der Waals surface area contributed by atoms with Gasteiger partial charge in [0.1, 0.15) is 33.9 Å². The maximum Gasteiger partial charge on any atom is 0.339 e. The van der Waals surface area contributed by atoms with Crippen LogP contribution < -0.4 is 14.7 Å². The molecule has 0 fully saturated rings. The van der Waals surface area contributed by atoms with Crippen molar-refractivity contribution in [1.82, 2.24) is 0 Å². The zero-order chi connectivity index (χ0) is 22.9. The molecule has 0 aliphatic carbocycles. The molecule has 0 saturated heterocycles. The number of thioether (sulfide) groups is 1. The number of benzene rings is 3. The molecule has 1 atom stereocenters. The Bertz CT molecular complexity index is 1360. The van der Waals surface area contributed by atoms with Crippen molar-refractivity contribution < 1.29 is 21.7 Å². The van der Waals surface area contributed by atoms with E-state index in [9.17, 15) is 18.1 Å². The summed E-state index contributed by atoms with van der Waals surface area (Å²) >= 11 is 1.60. The Morgan fingerprint density at radius 2 is 1.88 bits per heavy atom. The number of hydrogen-bond acceptors (Lipinski definition) is 7. The van der Waals surface area contributed by atoms with Crippen LogP contribution in [0.25, 0.3) is 0 Å². The number of fused-ring (bicyclic) bond motifs is 1. The van der Waals surface area contributed by atoms with Crippen LogP contribution in [0.4, 0.5) is 4.39 Å². The van der Waals surface area contributed by atoms with Crippen molar-refractivity contribution in [2.45, 2.75) is 15.7 Å². The summed E-state index contributed by atoms with van der Waals surface area (Å²) < 4.78 is 49.3. The molecule has 1 aliphatic heterocycles. The van der Waals surface area contributed by atoms with Gasteiger partial charge in [0.25, 0.3) is 0 Å². The van der Waals surface area contributed by atoms with Gasteiger partial charge in [-0.3, -0.25) is 0 Å². The topological polar surface area (TPSA) is 102 Å². The van der Waals surface area contributed by atoms with E-state index in [2.05, 4.69) is 6.07 Å². The first kappa shape index (κ1) is 21.7. The van der Waals surface area contributed by atoms with Gasteiger partial charge in [-0.05, 0) is 48.2 Å². The normalized spacial score (nSPS) is 15.5. The van der Waals surface area contributed by atoms with E-state index in [1.807, 2.05) is 30.5 Å². The summed E-state index contributed by atoms with van der Waals surface area (Å²) in [5.41, 5.74) is 7.75. The van der Waals surface area contributed by atoms with Crippen LogP contribution in [-0.4, -0.2) is 14.7 Å². The summed E-state index contributed by atoms with van der Waals surface area (Å²) in [4.78, 5) is 0.761. The third kappa shape index (κ3) is 4.15. The second-order valence-corrected chi connectivity index (χ2v) is 9.32. The minimum Gasteiger partial charge on any atom is -0.440 e. The molecule has 3 aromatic carbocycles. The van der Waals surface area contributed by atoms with E-state index in [1.165, 1.54) is 24.3 Å². The molecule has 0 radical (unpaired) electrons. The first-order chi connectivity index (χ1) is 15.3. The standard InChI is InChI=1S/C23H17FN2O4S2/c1-31-17-8-5-14(6-9-17)22-19-10-7-16(12-21(19)29-23(26)20(22)13-25)30-32(27,28)18-4-2-3-15(24)11-18/h2-12,22H,26H2,1H3. The third-order valence-corrected chi connectivity index (χ3v) is 6.92. The second kappa shape index (κ2) is 8.57. The number of rotatable bonds is 5. The first-order valence-corrected chi connectivity index (χ1v) is 12.0. The number of allylic oxidation sites excluding steroid dienone is 1. The monoisotopic (exact) mass is 468 g/mol. The largest absolute Gasteiger partial charge is 0.440 e. The average molecular weight is 469 g/mol. The van der Waals surface area contributed by atoms with E-state index >= 15 is 0 Å². The Kier molecular flexibility index (Phi) is 5.82. The first-order valence-electron chi connectivity index (χ1n) is 9.38. The summed E-state index contributed by atoms with van der Waals surface area (Å²) in [5, 5.41) is 9.67. The van der Waals surface area contributed by atoms with Gasteiger partial charge >= 0.3 is 10.1 Å². The molecule has 162 valence electrons. The average Bonchev–Trinajstić information content (AvgIpc) is 2.78. The zero-order valence-electron chi connectivity index (χ0n) is 16.8. The Morgan fingerprint density at radius 3 is 2.53 bits per heavy atom. The van der Waals surface area contributed by atoms with Crippen molar-refractivity contribution in [1.29, 1.82) is 5.26 Å². The molecule has 0 amide bonds. The van der Waals surface area contributed by atoms with Crippen molar-refractivity contribution in [2.24, 2.45) is 5.73 Å². The fraction of sp³-hybridized carbons (Fsp3) is 0.0870. The van der Waals surface area contributed by atoms with Gasteiger partial charge in [0.15, 0.2) is 0 Å². The van der Waals surface area contributed by atoms with Crippen LogP contribution in [0.2, 0.25) is 0 Å². The van der Waals surface area contributed by atoms with Gasteiger partial charge in [-0.15, -0.1) is 11.8 Å². The van der Waals surface area contributed by atoms with Gasteiger partial charge in [-0.25, -0.2) is 4.39 Å². The fourth-order valence-electron chi connectivity index (χ4n) is 3.42. The summed E-state index contributed by atoms with van der Waals surface area (Å²) in [6.07, 6.45) is 1.97. The third-order valence-electron chi connectivity index (χ3n) is 4.93. The van der Waals surface area contributed by atoms with Gasteiger partial charge in [-0.2, -0.15) is 13.7 Å². The summed E-state index contributed by atoms with van der Waals surface area (Å²) in [7, 11) is -4.26. The quantitative estimate of drug-likeness (QED) is 0.433. The highest BCUT2D eigenvalue weighted by molar-refractivity contribution is 7.98. The van der Waals surface area contributed by atoms with E-state index in [4.69, 9.17) is 14.7 Å². The van der Waals surface area contributed by atoms with Gasteiger partial charge in [0.05, 0.1) is 5.92 Å². The minimum atomic E-state index is -4.26. The number of nitrogens with zero attached hydrogens (tertiary/aromatic N) is 1. The molecule has 6 nitrogen and oxygen atoms in total. The molecule has 0 bridgehead atoms. The van der Waals surface area contributed by atoms with Crippen molar-refractivity contribution in [2.75, 3.05) is 6.26 Å². The fourth-order valence-corrected chi connectivity index (χ4v) is 4.79. The maximum atomic E-state index is 13.4. The van der Waals surface area contributed by atoms with Gasteiger partial charge in [0, 0.05) is 16.5 Å². The van der Waals surface area contributed by atoms with Crippen LogP contribution in [0, 0.1) is 17.1 Å². The van der Waals surface area contributed by atoms with Crippen LogP contribution in [0.1, 0.15) is 17.0 Å². The molecule has 2 N–H and O–H groups in total. The van der Waals surface area contributed by atoms with E-state index in [0.29, 0.717) is 5.56 Å². The highest BCUT2D eigenvalue weighted by atomic mass is 32.2. The van der Waals surface area contributed by atoms with Crippen LogP contribution >= 0.6 is 11.8 Å². The van der Waals surface area contributed by atoms with Crippen LogP contribution in [-0.2, 0) is 10.1 Å². The lowest BCUT2D eigenvalue weighted by Crippen LogP contribution is -2.21. The molecule has 0 saturated carbocycles. The molecule has 1 heterocycles. The Balaban J connectivity index is 1.72. The van der Waals surface area contributed by atoms with Crippen LogP contribution in [0.15, 0.2) is 88.0 Å². The smallest absolute Gasteiger partial charge is 0.339 e. The van der Waals surface area contributed by atoms with Crippen molar-refractivity contribution in [3.8, 4) is 17.6 Å². The minimum absolute atomic E-state index is 0.0299. The lowest BCUT2D eigenvalue weighted by atomic mass is 9.83. The van der Waals surface area contributed by atoms with E-state index in [1.54, 1.807) is 17.8 Å². The molecule has 32 heavy (non-hydrogen) atoms. The Hall–Kier alpha value is -3.48. The molecular weight excluding hydrogens is 451 g/mol. The van der Waals surface area contributed by atoms with Crippen LogP contribution in [0.5, 0.6) is 11.5 Å². The summed E-state index contributed by atoms with van der Waals surface area (Å²) in [6, 6.07) is 18.8. The van der Waals surface area contributed by atoms with Gasteiger partial charge in [0.2, 0.25) is 5.88 Å². The van der Waals surface area contributed by atoms with Crippen molar-refractivity contribution in [3.05, 3.63) is 95.1 Å². The number of nitrogens with two attached hydrogens (primary N) is 1. The SMILES string of the molecule is CSc1ccc(C2C(C#N)=C(N)Oc3cc(OS(=O)(=O)c4cccc(F)c4)ccc32)cc1. The van der Waals surface area contributed by atoms with Crippen molar-refractivity contribution >= 4 is 21.9 Å². The van der Waals surface area contributed by atoms with E-state index < -0.39 is 21.9 Å². The summed E-state index contributed by atoms with van der Waals surface area (Å²) in [5.74, 6) is -0.997. The molecule has 4 rings (SSSR count). The molecule has 9 heteroatoms. The van der Waals surface area contributed by atoms with E-state index in [0.717, 1.165) is 22.6 Å². The zero-order valence-corrected chi connectivity index (χ0v) is 18.4. The molecule has 3 aromatic rings. The number of hydrogen-bond donors (Lipinski definition) is 1. The molecule has 0 spiro atoms. The second-order valence-electron chi connectivity index (χ2n) is 6.89. The Labute approximate surface area is 189 Å². The molecular formula is C23H17FN2O4S2. The molecule has 0 aromatic heterocycles. The maximum absolute atomic E-state index is 13.4. The lowest BCUT2D eigenvalue weighted by Gasteiger charge is -2.26.